The molecule has 0 unspecified atom stereocenters. The van der Waals surface area contributed by atoms with Crippen LogP contribution < -0.4 is 9.64 Å². The highest BCUT2D eigenvalue weighted by atomic mass is 16.5. The van der Waals surface area contributed by atoms with Gasteiger partial charge < -0.3 is 9.64 Å². The smallest absolute Gasteiger partial charge is 0.120 e. The quantitative estimate of drug-likeness (QED) is 0.823. The largest absolute Gasteiger partial charge is 0.497 e. The lowest BCUT2D eigenvalue weighted by Gasteiger charge is -2.40. The van der Waals surface area contributed by atoms with E-state index in [-0.39, 0.29) is 0 Å². The van der Waals surface area contributed by atoms with E-state index >= 15 is 0 Å². The molecule has 0 aromatic heterocycles. The van der Waals surface area contributed by atoms with Gasteiger partial charge in [0.05, 0.1) is 7.11 Å². The van der Waals surface area contributed by atoms with Crippen LogP contribution in [0.4, 0.5) is 5.69 Å². The molecule has 2 fully saturated rings. The Hall–Kier alpha value is -1.96. The minimum atomic E-state index is 0.596. The molecule has 1 saturated heterocycles. The number of hydrogen-bond acceptors (Lipinski definition) is 2. The predicted octanol–water partition coefficient (Wildman–Crippen LogP) is 3.91. The molecule has 0 spiro atoms. The first kappa shape index (κ1) is 12.8. The third-order valence-electron chi connectivity index (χ3n) is 5.15. The fraction of sp³-hybridized carbons (Fsp3) is 0.368. The molecule has 21 heavy (non-hydrogen) atoms. The van der Waals surface area contributed by atoms with Gasteiger partial charge in [-0.25, -0.2) is 0 Å². The zero-order chi connectivity index (χ0) is 14.3. The van der Waals surface area contributed by atoms with Gasteiger partial charge in [-0.3, -0.25) is 0 Å². The maximum Gasteiger partial charge on any atom is 0.120 e. The van der Waals surface area contributed by atoms with Crippen molar-refractivity contribution >= 4 is 5.69 Å². The van der Waals surface area contributed by atoms with Crippen LogP contribution in [-0.4, -0.2) is 19.7 Å². The Bertz CT molecular complexity index is 639. The fourth-order valence-corrected chi connectivity index (χ4v) is 3.72. The zero-order valence-electron chi connectivity index (χ0n) is 12.5. The molecule has 1 heterocycles. The first-order chi connectivity index (χ1) is 10.3. The highest BCUT2D eigenvalue weighted by Crippen LogP contribution is 2.62. The van der Waals surface area contributed by atoms with E-state index in [1.54, 1.807) is 7.11 Å². The van der Waals surface area contributed by atoms with Crippen LogP contribution in [0.3, 0.4) is 0 Å². The lowest BCUT2D eigenvalue weighted by Crippen LogP contribution is -2.46. The number of rotatable bonds is 5. The Balaban J connectivity index is 1.38. The van der Waals surface area contributed by atoms with Crippen LogP contribution in [0.15, 0.2) is 54.6 Å². The van der Waals surface area contributed by atoms with Crippen molar-refractivity contribution in [2.24, 2.45) is 5.41 Å². The number of fused-ring (bicyclic) bond motifs is 1. The van der Waals surface area contributed by atoms with Crippen molar-refractivity contribution in [2.45, 2.75) is 25.3 Å². The number of aryl methyl sites for hydroxylation is 1. The number of methoxy groups -OCH3 is 1. The molecule has 2 heteroatoms. The van der Waals surface area contributed by atoms with Crippen LogP contribution >= 0.6 is 0 Å². The molecule has 2 nitrogen and oxygen atoms in total. The van der Waals surface area contributed by atoms with Crippen molar-refractivity contribution in [1.29, 1.82) is 0 Å². The maximum absolute atomic E-state index is 5.33. The summed E-state index contributed by atoms with van der Waals surface area (Å²) in [5, 5.41) is 0. The van der Waals surface area contributed by atoms with Gasteiger partial charge >= 0.3 is 0 Å². The average Bonchev–Trinajstić information content (AvgIpc) is 3.11. The van der Waals surface area contributed by atoms with Crippen LogP contribution in [-0.2, 0) is 6.42 Å². The Morgan fingerprint density at radius 2 is 2.00 bits per heavy atom. The second-order valence-electron chi connectivity index (χ2n) is 6.40. The normalized spacial score (nSPS) is 26.0. The molecule has 2 atom stereocenters. The molecule has 2 aromatic rings. The molecule has 2 aromatic carbocycles. The minimum Gasteiger partial charge on any atom is -0.497 e. The lowest BCUT2D eigenvalue weighted by molar-refractivity contribution is 0.360. The Kier molecular flexibility index (Phi) is 2.91. The topological polar surface area (TPSA) is 12.5 Å². The van der Waals surface area contributed by atoms with Gasteiger partial charge in [-0.05, 0) is 37.0 Å². The molecule has 108 valence electrons. The minimum absolute atomic E-state index is 0.596. The summed E-state index contributed by atoms with van der Waals surface area (Å²) in [6.45, 7) is 1.21. The molecule has 1 saturated carbocycles. The van der Waals surface area contributed by atoms with E-state index in [9.17, 15) is 0 Å². The molecule has 4 rings (SSSR count). The summed E-state index contributed by atoms with van der Waals surface area (Å²) in [6, 6.07) is 20.1. The van der Waals surface area contributed by atoms with Crippen LogP contribution in [0.2, 0.25) is 0 Å². The number of anilines is 1. The third-order valence-corrected chi connectivity index (χ3v) is 5.15. The fourth-order valence-electron chi connectivity index (χ4n) is 3.72. The number of ether oxygens (including phenoxy) is 1. The van der Waals surface area contributed by atoms with E-state index in [1.807, 2.05) is 6.07 Å². The summed E-state index contributed by atoms with van der Waals surface area (Å²) in [5.41, 5.74) is 3.38. The third kappa shape index (κ3) is 2.19. The molecule has 0 amide bonds. The molecule has 2 aliphatic rings. The SMILES string of the molecule is COc1cccc(N2C[C@]3(CCc4ccccc4)C[C@H]23)c1. The summed E-state index contributed by atoms with van der Waals surface area (Å²) in [4.78, 5) is 2.54. The van der Waals surface area contributed by atoms with E-state index in [1.165, 1.54) is 37.1 Å². The van der Waals surface area contributed by atoms with Crippen molar-refractivity contribution < 1.29 is 4.74 Å². The van der Waals surface area contributed by atoms with Gasteiger partial charge in [0.15, 0.2) is 0 Å². The molecule has 1 aliphatic heterocycles. The van der Waals surface area contributed by atoms with E-state index in [4.69, 9.17) is 4.74 Å². The molecular formula is C19H21NO. The predicted molar refractivity (Wildman–Crippen MR) is 85.9 cm³/mol. The van der Waals surface area contributed by atoms with Crippen LogP contribution in [0.5, 0.6) is 5.75 Å². The van der Waals surface area contributed by atoms with E-state index in [0.29, 0.717) is 5.41 Å². The highest BCUT2D eigenvalue weighted by Gasteiger charge is 2.65. The maximum atomic E-state index is 5.33. The van der Waals surface area contributed by atoms with E-state index in [0.717, 1.165) is 11.8 Å². The van der Waals surface area contributed by atoms with Crippen molar-refractivity contribution in [1.82, 2.24) is 0 Å². The van der Waals surface area contributed by atoms with Crippen LogP contribution in [0.1, 0.15) is 18.4 Å². The second kappa shape index (κ2) is 4.80. The van der Waals surface area contributed by atoms with E-state index < -0.39 is 0 Å². The van der Waals surface area contributed by atoms with Gasteiger partial charge in [0, 0.05) is 29.8 Å². The molecule has 0 radical (unpaired) electrons. The second-order valence-corrected chi connectivity index (χ2v) is 6.40. The summed E-state index contributed by atoms with van der Waals surface area (Å²) < 4.78 is 5.33. The van der Waals surface area contributed by atoms with Crippen molar-refractivity contribution in [2.75, 3.05) is 18.6 Å². The summed E-state index contributed by atoms with van der Waals surface area (Å²) >= 11 is 0. The molecule has 0 bridgehead atoms. The summed E-state index contributed by atoms with van der Waals surface area (Å²) in [5.74, 6) is 0.954. The van der Waals surface area contributed by atoms with Crippen molar-refractivity contribution in [3.05, 3.63) is 60.2 Å². The first-order valence-electron chi connectivity index (χ1n) is 7.75. The number of nitrogens with zero attached hydrogens (tertiary/aromatic N) is 1. The average molecular weight is 279 g/mol. The van der Waals surface area contributed by atoms with E-state index in [2.05, 4.69) is 53.4 Å². The van der Waals surface area contributed by atoms with Gasteiger partial charge in [-0.2, -0.15) is 0 Å². The van der Waals surface area contributed by atoms with Gasteiger partial charge in [-0.1, -0.05) is 36.4 Å². The molecule has 0 N–H and O–H groups in total. The van der Waals surface area contributed by atoms with Crippen LogP contribution in [0, 0.1) is 5.41 Å². The number of benzene rings is 2. The molecule has 1 aliphatic carbocycles. The lowest BCUT2D eigenvalue weighted by atomic mass is 9.90. The monoisotopic (exact) mass is 279 g/mol. The standard InChI is InChI=1S/C19H21NO/c1-21-17-9-5-8-16(12-17)20-14-19(13-18(19)20)11-10-15-6-3-2-4-7-15/h2-9,12,18H,10-11,13-14H2,1H3/t18-,19-/m0/s1. The van der Waals surface area contributed by atoms with Gasteiger partial charge in [0.1, 0.15) is 5.75 Å². The van der Waals surface area contributed by atoms with Crippen molar-refractivity contribution in [3.8, 4) is 5.75 Å². The Labute approximate surface area is 126 Å². The highest BCUT2D eigenvalue weighted by molar-refractivity contribution is 5.58. The van der Waals surface area contributed by atoms with Gasteiger partial charge in [0.2, 0.25) is 0 Å². The van der Waals surface area contributed by atoms with Gasteiger partial charge in [-0.15, -0.1) is 0 Å². The number of hydrogen-bond donors (Lipinski definition) is 0. The van der Waals surface area contributed by atoms with Crippen molar-refractivity contribution in [3.63, 3.8) is 0 Å². The first-order valence-corrected chi connectivity index (χ1v) is 7.75. The van der Waals surface area contributed by atoms with Gasteiger partial charge in [0.25, 0.3) is 0 Å². The molecular weight excluding hydrogens is 258 g/mol. The van der Waals surface area contributed by atoms with Crippen LogP contribution in [0.25, 0.3) is 0 Å². The summed E-state index contributed by atoms with van der Waals surface area (Å²) in [6.07, 6.45) is 3.89. The Morgan fingerprint density at radius 1 is 1.14 bits per heavy atom. The summed E-state index contributed by atoms with van der Waals surface area (Å²) in [7, 11) is 1.73. The Morgan fingerprint density at radius 3 is 2.76 bits per heavy atom. The zero-order valence-corrected chi connectivity index (χ0v) is 12.5.